The van der Waals surface area contributed by atoms with E-state index in [1.807, 2.05) is 43.3 Å². The molecule has 1 aliphatic heterocycles. The second kappa shape index (κ2) is 9.40. The number of ether oxygens (including phenoxy) is 1. The molecule has 1 N–H and O–H groups in total. The minimum Gasteiger partial charge on any atom is -0.478 e. The van der Waals surface area contributed by atoms with E-state index >= 15 is 0 Å². The Bertz CT molecular complexity index is 1160. The Morgan fingerprint density at radius 3 is 2.45 bits per heavy atom. The molecule has 1 saturated heterocycles. The Labute approximate surface area is 193 Å². The summed E-state index contributed by atoms with van der Waals surface area (Å²) < 4.78 is 6.08. The number of hydrogen-bond acceptors (Lipinski definition) is 5. The van der Waals surface area contributed by atoms with Crippen molar-refractivity contribution in [3.8, 4) is 22.8 Å². The zero-order valence-corrected chi connectivity index (χ0v) is 19.0. The Morgan fingerprint density at radius 1 is 1.12 bits per heavy atom. The van der Waals surface area contributed by atoms with Crippen LogP contribution in [0.25, 0.3) is 11.3 Å². The van der Waals surface area contributed by atoms with Gasteiger partial charge in [-0.05, 0) is 60.4 Å². The zero-order chi connectivity index (χ0) is 23.5. The number of aromatic carboxylic acids is 1. The summed E-state index contributed by atoms with van der Waals surface area (Å²) in [7, 11) is 0. The summed E-state index contributed by atoms with van der Waals surface area (Å²) in [6.45, 7) is 7.26. The first kappa shape index (κ1) is 22.5. The molecule has 2 aromatic carbocycles. The first-order chi connectivity index (χ1) is 15.8. The maximum atomic E-state index is 12.2. The van der Waals surface area contributed by atoms with E-state index in [2.05, 4.69) is 24.0 Å². The first-order valence-electron chi connectivity index (χ1n) is 11.1. The van der Waals surface area contributed by atoms with Crippen molar-refractivity contribution in [3.63, 3.8) is 0 Å². The van der Waals surface area contributed by atoms with E-state index in [1.54, 1.807) is 11.0 Å². The third-order valence-electron chi connectivity index (χ3n) is 5.74. The lowest BCUT2D eigenvalue weighted by Crippen LogP contribution is -2.24. The third-order valence-corrected chi connectivity index (χ3v) is 5.74. The normalized spacial score (nSPS) is 15.8. The van der Waals surface area contributed by atoms with Gasteiger partial charge in [0.25, 0.3) is 0 Å². The number of carboxylic acid groups (broad SMARTS) is 1. The number of benzene rings is 2. The van der Waals surface area contributed by atoms with Crippen LogP contribution in [0, 0.1) is 5.92 Å². The van der Waals surface area contributed by atoms with Crippen molar-refractivity contribution in [3.05, 3.63) is 71.4 Å². The summed E-state index contributed by atoms with van der Waals surface area (Å²) in [5.41, 5.74) is 3.51. The topological polar surface area (TPSA) is 92.6 Å². The van der Waals surface area contributed by atoms with Crippen LogP contribution < -0.4 is 4.74 Å². The minimum atomic E-state index is -1.03. The second-order valence-electron chi connectivity index (χ2n) is 8.84. The van der Waals surface area contributed by atoms with E-state index in [-0.39, 0.29) is 11.5 Å². The Morgan fingerprint density at radius 2 is 1.88 bits per heavy atom. The number of rotatable bonds is 7. The van der Waals surface area contributed by atoms with Crippen molar-refractivity contribution in [2.75, 3.05) is 6.54 Å². The van der Waals surface area contributed by atoms with Crippen molar-refractivity contribution in [1.82, 2.24) is 15.1 Å². The number of hydrogen-bond donors (Lipinski definition) is 1. The number of amides is 1. The smallest absolute Gasteiger partial charge is 0.335 e. The molecule has 0 aliphatic carbocycles. The predicted molar refractivity (Wildman–Crippen MR) is 124 cm³/mol. The highest BCUT2D eigenvalue weighted by atomic mass is 16.5. The number of aromatic nitrogens is 2. The van der Waals surface area contributed by atoms with Gasteiger partial charge in [0.2, 0.25) is 5.91 Å². The van der Waals surface area contributed by atoms with Crippen LogP contribution in [0.3, 0.4) is 0 Å². The Balaban J connectivity index is 1.56. The van der Waals surface area contributed by atoms with E-state index in [0.717, 1.165) is 22.5 Å². The van der Waals surface area contributed by atoms with Crippen LogP contribution in [0.1, 0.15) is 54.7 Å². The standard InChI is InChI=1S/C26H27N3O4/c1-16(2)22-10-11-23(28-27-22)18-6-8-21(9-7-18)33-24-13-19(26(31)32)4-5-20(24)15-29-14-17(3)12-25(29)30/h4-11,13,16-17H,12,14-15H2,1-3H3,(H,31,32). The van der Waals surface area contributed by atoms with Crippen molar-refractivity contribution < 1.29 is 19.4 Å². The number of nitrogens with zero attached hydrogens (tertiary/aromatic N) is 3. The lowest BCUT2D eigenvalue weighted by atomic mass is 10.1. The van der Waals surface area contributed by atoms with Gasteiger partial charge in [0.1, 0.15) is 11.5 Å². The SMILES string of the molecule is CC1CC(=O)N(Cc2ccc(C(=O)O)cc2Oc2ccc(-c3ccc(C(C)C)nn3)cc2)C1. The molecular formula is C26H27N3O4. The lowest BCUT2D eigenvalue weighted by molar-refractivity contribution is -0.128. The molecule has 3 aromatic rings. The van der Waals surface area contributed by atoms with Crippen LogP contribution in [0.2, 0.25) is 0 Å². The van der Waals surface area contributed by atoms with Gasteiger partial charge in [0, 0.05) is 30.6 Å². The maximum Gasteiger partial charge on any atom is 0.335 e. The molecule has 0 spiro atoms. The van der Waals surface area contributed by atoms with Gasteiger partial charge in [0.15, 0.2) is 0 Å². The molecule has 33 heavy (non-hydrogen) atoms. The van der Waals surface area contributed by atoms with Gasteiger partial charge in [-0.25, -0.2) is 4.79 Å². The number of carbonyl (C=O) groups excluding carboxylic acids is 1. The molecule has 1 aliphatic rings. The van der Waals surface area contributed by atoms with Gasteiger partial charge in [0.05, 0.1) is 17.0 Å². The molecule has 7 nitrogen and oxygen atoms in total. The number of carbonyl (C=O) groups is 2. The fraction of sp³-hybridized carbons (Fsp3) is 0.308. The lowest BCUT2D eigenvalue weighted by Gasteiger charge is -2.19. The van der Waals surface area contributed by atoms with Gasteiger partial charge in [-0.3, -0.25) is 4.79 Å². The quantitative estimate of drug-likeness (QED) is 0.542. The molecular weight excluding hydrogens is 418 g/mol. The Hall–Kier alpha value is -3.74. The van der Waals surface area contributed by atoms with Crippen LogP contribution in [-0.4, -0.2) is 38.6 Å². The molecule has 0 saturated carbocycles. The van der Waals surface area contributed by atoms with Crippen molar-refractivity contribution in [2.45, 2.75) is 39.7 Å². The van der Waals surface area contributed by atoms with Crippen LogP contribution in [0.5, 0.6) is 11.5 Å². The van der Waals surface area contributed by atoms with Gasteiger partial charge < -0.3 is 14.7 Å². The molecule has 1 aromatic heterocycles. The van der Waals surface area contributed by atoms with Crippen molar-refractivity contribution >= 4 is 11.9 Å². The van der Waals surface area contributed by atoms with E-state index in [1.165, 1.54) is 12.1 Å². The van der Waals surface area contributed by atoms with Gasteiger partial charge in [-0.1, -0.05) is 26.8 Å². The molecule has 1 atom stereocenters. The molecule has 1 unspecified atom stereocenters. The van der Waals surface area contributed by atoms with E-state index in [9.17, 15) is 14.7 Å². The van der Waals surface area contributed by atoms with Crippen LogP contribution >= 0.6 is 0 Å². The minimum absolute atomic E-state index is 0.102. The second-order valence-corrected chi connectivity index (χ2v) is 8.84. The van der Waals surface area contributed by atoms with Crippen molar-refractivity contribution in [2.24, 2.45) is 5.92 Å². The predicted octanol–water partition coefficient (Wildman–Crippen LogP) is 5.13. The molecule has 2 heterocycles. The summed E-state index contributed by atoms with van der Waals surface area (Å²) >= 11 is 0. The average molecular weight is 446 g/mol. The van der Waals surface area contributed by atoms with Gasteiger partial charge in [-0.15, -0.1) is 0 Å². The number of carboxylic acids is 1. The fourth-order valence-electron chi connectivity index (χ4n) is 3.87. The van der Waals surface area contributed by atoms with Crippen LogP contribution in [-0.2, 0) is 11.3 Å². The highest BCUT2D eigenvalue weighted by Crippen LogP contribution is 2.31. The monoisotopic (exact) mass is 445 g/mol. The summed E-state index contributed by atoms with van der Waals surface area (Å²) in [6, 6.07) is 16.1. The Kier molecular flexibility index (Phi) is 6.40. The number of likely N-dealkylation sites (tertiary alicyclic amines) is 1. The molecule has 0 radical (unpaired) electrons. The fourth-order valence-corrected chi connectivity index (χ4v) is 3.87. The van der Waals surface area contributed by atoms with Crippen molar-refractivity contribution in [1.29, 1.82) is 0 Å². The molecule has 170 valence electrons. The van der Waals surface area contributed by atoms with Gasteiger partial charge >= 0.3 is 5.97 Å². The first-order valence-corrected chi connectivity index (χ1v) is 11.1. The summed E-state index contributed by atoms with van der Waals surface area (Å²) in [5, 5.41) is 18.0. The summed E-state index contributed by atoms with van der Waals surface area (Å²) in [4.78, 5) is 25.5. The maximum absolute atomic E-state index is 12.2. The molecule has 4 rings (SSSR count). The van der Waals surface area contributed by atoms with E-state index < -0.39 is 5.97 Å². The van der Waals surface area contributed by atoms with Crippen LogP contribution in [0.15, 0.2) is 54.6 Å². The third kappa shape index (κ3) is 5.19. The molecule has 1 fully saturated rings. The summed E-state index contributed by atoms with van der Waals surface area (Å²) in [6.07, 6.45) is 0.534. The largest absolute Gasteiger partial charge is 0.478 e. The van der Waals surface area contributed by atoms with E-state index in [0.29, 0.717) is 42.8 Å². The van der Waals surface area contributed by atoms with Crippen LogP contribution in [0.4, 0.5) is 0 Å². The average Bonchev–Trinajstić information content (AvgIpc) is 3.11. The zero-order valence-electron chi connectivity index (χ0n) is 19.0. The molecule has 7 heteroatoms. The molecule has 1 amide bonds. The molecule has 0 bridgehead atoms. The summed E-state index contributed by atoms with van der Waals surface area (Å²) in [5.74, 6) is 0.690. The highest BCUT2D eigenvalue weighted by molar-refractivity contribution is 5.88. The van der Waals surface area contributed by atoms with E-state index in [4.69, 9.17) is 4.74 Å². The highest BCUT2D eigenvalue weighted by Gasteiger charge is 2.27. The van der Waals surface area contributed by atoms with Gasteiger partial charge in [-0.2, -0.15) is 10.2 Å².